The van der Waals surface area contributed by atoms with Gasteiger partial charge in [-0.05, 0) is 48.9 Å². The number of aryl methyl sites for hydroxylation is 1. The van der Waals surface area contributed by atoms with Crippen molar-refractivity contribution >= 4 is 21.6 Å². The van der Waals surface area contributed by atoms with E-state index in [1.165, 1.54) is 22.2 Å². The molecule has 0 bridgehead atoms. The number of fused-ring (bicyclic) bond motifs is 1. The van der Waals surface area contributed by atoms with Crippen LogP contribution in [0.25, 0.3) is 10.2 Å². The molecule has 2 heterocycles. The van der Waals surface area contributed by atoms with Crippen molar-refractivity contribution in [2.45, 2.75) is 26.0 Å². The number of thiophene rings is 1. The fourth-order valence-corrected chi connectivity index (χ4v) is 3.94. The first-order chi connectivity index (χ1) is 14.6. The summed E-state index contributed by atoms with van der Waals surface area (Å²) < 4.78 is 12.8. The summed E-state index contributed by atoms with van der Waals surface area (Å²) in [7, 11) is 0. The van der Waals surface area contributed by atoms with Crippen molar-refractivity contribution in [3.8, 4) is 17.2 Å². The number of aromatic nitrogens is 2. The first-order valence-electron chi connectivity index (χ1n) is 9.74. The first-order valence-corrected chi connectivity index (χ1v) is 10.6. The summed E-state index contributed by atoms with van der Waals surface area (Å²) in [5.74, 6) is 2.07. The third-order valence-electron chi connectivity index (χ3n) is 4.57. The van der Waals surface area contributed by atoms with Gasteiger partial charge < -0.3 is 14.6 Å². The lowest BCUT2D eigenvalue weighted by Gasteiger charge is -2.14. The monoisotopic (exact) mass is 422 g/mol. The molecule has 0 spiro atoms. The Morgan fingerprint density at radius 3 is 2.50 bits per heavy atom. The summed E-state index contributed by atoms with van der Waals surface area (Å²) in [4.78, 5) is 18.8. The lowest BCUT2D eigenvalue weighted by Crippen LogP contribution is -2.30. The normalized spacial score (nSPS) is 12.1. The highest BCUT2D eigenvalue weighted by Crippen LogP contribution is 2.24. The van der Waals surface area contributed by atoms with E-state index in [1.54, 1.807) is 24.3 Å². The Balaban J connectivity index is 1.34. The summed E-state index contributed by atoms with van der Waals surface area (Å²) in [6.07, 6.45) is 1.51. The number of para-hydroxylation sites is 1. The Morgan fingerprint density at radius 2 is 1.77 bits per heavy atom. The summed E-state index contributed by atoms with van der Waals surface area (Å²) >= 11 is 1.53. The summed E-state index contributed by atoms with van der Waals surface area (Å²) in [6.45, 7) is 2.23. The molecule has 4 aromatic rings. The minimum Gasteiger partial charge on any atom is -0.491 e. The van der Waals surface area contributed by atoms with Crippen LogP contribution in [0.5, 0.6) is 17.2 Å². The molecule has 7 heteroatoms. The molecule has 0 aliphatic rings. The third-order valence-corrected chi connectivity index (χ3v) is 5.76. The van der Waals surface area contributed by atoms with Crippen LogP contribution in [0.4, 0.5) is 0 Å². The standard InChI is InChI=1S/C23H22N2O4S/c1-2-20-12-21-22(30-20)24-15-25(23(21)27)13-16(26)14-28-17-8-10-19(11-9-17)29-18-6-4-3-5-7-18/h3-12,15-16,26H,2,13-14H2,1H3. The zero-order valence-corrected chi connectivity index (χ0v) is 17.3. The van der Waals surface area contributed by atoms with Gasteiger partial charge in [0.1, 0.15) is 34.8 Å². The van der Waals surface area contributed by atoms with E-state index in [1.807, 2.05) is 43.3 Å². The van der Waals surface area contributed by atoms with Crippen molar-refractivity contribution in [2.75, 3.05) is 6.61 Å². The topological polar surface area (TPSA) is 73.6 Å². The number of rotatable bonds is 8. The summed E-state index contributed by atoms with van der Waals surface area (Å²) in [6, 6.07) is 18.6. The van der Waals surface area contributed by atoms with Crippen molar-refractivity contribution in [2.24, 2.45) is 0 Å². The van der Waals surface area contributed by atoms with Crippen molar-refractivity contribution in [3.05, 3.63) is 82.2 Å². The molecule has 0 saturated heterocycles. The van der Waals surface area contributed by atoms with E-state index >= 15 is 0 Å². The molecular formula is C23H22N2O4S. The van der Waals surface area contributed by atoms with Gasteiger partial charge in [-0.2, -0.15) is 0 Å². The molecular weight excluding hydrogens is 400 g/mol. The van der Waals surface area contributed by atoms with Crippen LogP contribution in [0.15, 0.2) is 71.8 Å². The smallest absolute Gasteiger partial charge is 0.262 e. The highest BCUT2D eigenvalue weighted by molar-refractivity contribution is 7.18. The molecule has 0 saturated carbocycles. The van der Waals surface area contributed by atoms with Gasteiger partial charge in [0.05, 0.1) is 18.3 Å². The maximum absolute atomic E-state index is 12.6. The van der Waals surface area contributed by atoms with Crippen molar-refractivity contribution in [1.82, 2.24) is 9.55 Å². The Bertz CT molecular complexity index is 1170. The van der Waals surface area contributed by atoms with Crippen LogP contribution in [0.3, 0.4) is 0 Å². The summed E-state index contributed by atoms with van der Waals surface area (Å²) in [5, 5.41) is 10.9. The van der Waals surface area contributed by atoms with Crippen LogP contribution >= 0.6 is 11.3 Å². The van der Waals surface area contributed by atoms with Gasteiger partial charge in [0.25, 0.3) is 5.56 Å². The molecule has 2 aromatic carbocycles. The molecule has 6 nitrogen and oxygen atoms in total. The average molecular weight is 423 g/mol. The average Bonchev–Trinajstić information content (AvgIpc) is 3.20. The number of nitrogens with zero attached hydrogens (tertiary/aromatic N) is 2. The van der Waals surface area contributed by atoms with Gasteiger partial charge in [0.15, 0.2) is 0 Å². The van der Waals surface area contributed by atoms with E-state index in [4.69, 9.17) is 9.47 Å². The molecule has 1 unspecified atom stereocenters. The van der Waals surface area contributed by atoms with Crippen molar-refractivity contribution in [3.63, 3.8) is 0 Å². The zero-order valence-electron chi connectivity index (χ0n) is 16.5. The molecule has 30 heavy (non-hydrogen) atoms. The van der Waals surface area contributed by atoms with Crippen LogP contribution in [0.2, 0.25) is 0 Å². The highest BCUT2D eigenvalue weighted by atomic mass is 32.1. The van der Waals surface area contributed by atoms with Gasteiger partial charge >= 0.3 is 0 Å². The quantitative estimate of drug-likeness (QED) is 0.459. The molecule has 0 fully saturated rings. The second-order valence-electron chi connectivity index (χ2n) is 6.84. The fourth-order valence-electron chi connectivity index (χ4n) is 3.01. The fraction of sp³-hybridized carbons (Fsp3) is 0.217. The maximum Gasteiger partial charge on any atom is 0.262 e. The van der Waals surface area contributed by atoms with Gasteiger partial charge in [-0.25, -0.2) is 4.98 Å². The second kappa shape index (κ2) is 9.11. The SMILES string of the molecule is CCc1cc2c(=O)n(CC(O)COc3ccc(Oc4ccccc4)cc3)cnc2s1. The van der Waals surface area contributed by atoms with Gasteiger partial charge in [0, 0.05) is 4.88 Å². The Morgan fingerprint density at radius 1 is 1.07 bits per heavy atom. The predicted molar refractivity (Wildman–Crippen MR) is 118 cm³/mol. The molecule has 0 radical (unpaired) electrons. The summed E-state index contributed by atoms with van der Waals surface area (Å²) in [5.41, 5.74) is -0.141. The van der Waals surface area contributed by atoms with E-state index < -0.39 is 6.10 Å². The second-order valence-corrected chi connectivity index (χ2v) is 7.95. The Labute approximate surface area is 178 Å². The minimum atomic E-state index is -0.841. The molecule has 4 rings (SSSR count). The maximum atomic E-state index is 12.6. The zero-order chi connectivity index (χ0) is 20.9. The number of benzene rings is 2. The molecule has 2 aromatic heterocycles. The van der Waals surface area contributed by atoms with Gasteiger partial charge in [-0.15, -0.1) is 11.3 Å². The molecule has 0 aliphatic carbocycles. The van der Waals surface area contributed by atoms with Crippen molar-refractivity contribution < 1.29 is 14.6 Å². The third kappa shape index (κ3) is 4.69. The number of ether oxygens (including phenoxy) is 2. The van der Waals surface area contributed by atoms with E-state index in [-0.39, 0.29) is 18.7 Å². The minimum absolute atomic E-state index is 0.0627. The largest absolute Gasteiger partial charge is 0.491 e. The molecule has 1 N–H and O–H groups in total. The van der Waals surface area contributed by atoms with Crippen LogP contribution in [-0.4, -0.2) is 27.4 Å². The Kier molecular flexibility index (Phi) is 6.11. The van der Waals surface area contributed by atoms with Crippen molar-refractivity contribution in [1.29, 1.82) is 0 Å². The Hall–Kier alpha value is -3.16. The number of hydrogen-bond acceptors (Lipinski definition) is 6. The van der Waals surface area contributed by atoms with Crippen LogP contribution < -0.4 is 15.0 Å². The van der Waals surface area contributed by atoms with E-state index in [2.05, 4.69) is 4.98 Å². The molecule has 0 aliphatic heterocycles. The van der Waals surface area contributed by atoms with Gasteiger partial charge in [-0.1, -0.05) is 25.1 Å². The lowest BCUT2D eigenvalue weighted by atomic mass is 10.3. The molecule has 0 amide bonds. The lowest BCUT2D eigenvalue weighted by molar-refractivity contribution is 0.0914. The molecule has 1 atom stereocenters. The number of aliphatic hydroxyl groups excluding tert-OH is 1. The van der Waals surface area contributed by atoms with Gasteiger partial charge in [-0.3, -0.25) is 9.36 Å². The number of aliphatic hydroxyl groups is 1. The number of hydrogen-bond donors (Lipinski definition) is 1. The van der Waals surface area contributed by atoms with E-state index in [0.717, 1.165) is 21.9 Å². The highest BCUT2D eigenvalue weighted by Gasteiger charge is 2.12. The first kappa shape index (κ1) is 20.1. The van der Waals surface area contributed by atoms with Gasteiger partial charge in [0.2, 0.25) is 0 Å². The van der Waals surface area contributed by atoms with Crippen LogP contribution in [-0.2, 0) is 13.0 Å². The predicted octanol–water partition coefficient (Wildman–Crippen LogP) is 4.25. The van der Waals surface area contributed by atoms with E-state index in [9.17, 15) is 9.90 Å². The molecule has 154 valence electrons. The van der Waals surface area contributed by atoms with Crippen LogP contribution in [0.1, 0.15) is 11.8 Å². The van der Waals surface area contributed by atoms with E-state index in [0.29, 0.717) is 16.9 Å². The van der Waals surface area contributed by atoms with Crippen LogP contribution in [0, 0.1) is 0 Å².